The van der Waals surface area contributed by atoms with Gasteiger partial charge in [0.1, 0.15) is 0 Å². The average Bonchev–Trinajstić information content (AvgIpc) is 3.33. The van der Waals surface area contributed by atoms with Gasteiger partial charge in [0.25, 0.3) is 5.91 Å². The van der Waals surface area contributed by atoms with Crippen molar-refractivity contribution in [1.29, 1.82) is 0 Å². The van der Waals surface area contributed by atoms with Gasteiger partial charge in [0.15, 0.2) is 12.4 Å². The van der Waals surface area contributed by atoms with Gasteiger partial charge in [0.05, 0.1) is 13.0 Å². The molecule has 136 valence electrons. The molecule has 1 amide bonds. The average molecular weight is 371 g/mol. The highest BCUT2D eigenvalue weighted by atomic mass is 32.1. The Labute approximate surface area is 156 Å². The Kier molecular flexibility index (Phi) is 6.17. The zero-order valence-corrected chi connectivity index (χ0v) is 15.3. The molecule has 1 aliphatic carbocycles. The lowest BCUT2D eigenvalue weighted by molar-refractivity contribution is -0.148. The zero-order chi connectivity index (χ0) is 18.4. The van der Waals surface area contributed by atoms with Crippen molar-refractivity contribution in [3.05, 3.63) is 57.3 Å². The van der Waals surface area contributed by atoms with Crippen LogP contribution in [-0.4, -0.2) is 24.3 Å². The van der Waals surface area contributed by atoms with Crippen LogP contribution in [0, 0.1) is 0 Å². The highest BCUT2D eigenvalue weighted by Crippen LogP contribution is 2.23. The summed E-state index contributed by atoms with van der Waals surface area (Å²) in [5, 5.41) is 4.61. The maximum absolute atomic E-state index is 12.2. The number of hydrogen-bond acceptors (Lipinski definition) is 5. The van der Waals surface area contributed by atoms with Crippen LogP contribution in [0.25, 0.3) is 0 Å². The molecular formula is C20H21NO4S. The fraction of sp³-hybridized carbons (Fsp3) is 0.350. The van der Waals surface area contributed by atoms with Crippen LogP contribution in [0.15, 0.2) is 35.7 Å². The maximum atomic E-state index is 12.2. The van der Waals surface area contributed by atoms with Gasteiger partial charge < -0.3 is 10.1 Å². The number of carbonyl (C=O) groups is 3. The van der Waals surface area contributed by atoms with Crippen LogP contribution in [0.2, 0.25) is 0 Å². The van der Waals surface area contributed by atoms with Gasteiger partial charge in [-0.3, -0.25) is 14.4 Å². The minimum atomic E-state index is -0.536. The molecule has 0 spiro atoms. The summed E-state index contributed by atoms with van der Waals surface area (Å²) in [6.45, 7) is 0.0993. The largest absolute Gasteiger partial charge is 0.456 e. The molecule has 5 nitrogen and oxygen atoms in total. The van der Waals surface area contributed by atoms with E-state index in [1.54, 1.807) is 11.3 Å². The van der Waals surface area contributed by atoms with Gasteiger partial charge in [-0.1, -0.05) is 18.2 Å². The summed E-state index contributed by atoms with van der Waals surface area (Å²) in [6.07, 6.45) is 3.29. The van der Waals surface area contributed by atoms with Crippen LogP contribution < -0.4 is 5.32 Å². The van der Waals surface area contributed by atoms with Crippen molar-refractivity contribution in [3.63, 3.8) is 0 Å². The summed E-state index contributed by atoms with van der Waals surface area (Å²) in [7, 11) is 0. The lowest BCUT2D eigenvalue weighted by atomic mass is 10.0. The summed E-state index contributed by atoms with van der Waals surface area (Å²) in [6, 6.07) is 9.60. The third-order valence-corrected chi connectivity index (χ3v) is 5.26. The van der Waals surface area contributed by atoms with Crippen molar-refractivity contribution in [3.8, 4) is 0 Å². The maximum Gasteiger partial charge on any atom is 0.306 e. The second-order valence-electron chi connectivity index (χ2n) is 6.28. The van der Waals surface area contributed by atoms with Crippen LogP contribution in [0.1, 0.15) is 45.6 Å². The number of Topliss-reactive ketones (excluding diaryl/α,β-unsaturated/α-hetero) is 1. The van der Waals surface area contributed by atoms with Gasteiger partial charge in [-0.15, -0.1) is 11.3 Å². The van der Waals surface area contributed by atoms with Crippen molar-refractivity contribution in [1.82, 2.24) is 5.32 Å². The Morgan fingerprint density at radius 3 is 2.73 bits per heavy atom. The molecule has 1 N–H and O–H groups in total. The number of esters is 1. The molecule has 0 aliphatic heterocycles. The molecule has 1 aromatic heterocycles. The van der Waals surface area contributed by atoms with Crippen molar-refractivity contribution >= 4 is 29.0 Å². The lowest BCUT2D eigenvalue weighted by Crippen LogP contribution is -2.28. The SMILES string of the molecule is O=C(COC(=O)CCC(=O)c1ccc2c(c1)CCC2)NCc1cccs1. The van der Waals surface area contributed by atoms with Crippen molar-refractivity contribution < 1.29 is 19.1 Å². The number of rotatable bonds is 8. The van der Waals surface area contributed by atoms with Gasteiger partial charge in [0, 0.05) is 16.9 Å². The molecule has 6 heteroatoms. The second-order valence-corrected chi connectivity index (χ2v) is 7.31. The van der Waals surface area contributed by atoms with Gasteiger partial charge >= 0.3 is 5.97 Å². The summed E-state index contributed by atoms with van der Waals surface area (Å²) in [5.41, 5.74) is 3.20. The minimum Gasteiger partial charge on any atom is -0.456 e. The van der Waals surface area contributed by atoms with E-state index in [1.165, 1.54) is 11.1 Å². The minimum absolute atomic E-state index is 0.0197. The Hall–Kier alpha value is -2.47. The van der Waals surface area contributed by atoms with E-state index in [2.05, 4.69) is 5.32 Å². The molecule has 1 aliphatic rings. The highest BCUT2D eigenvalue weighted by Gasteiger charge is 2.15. The number of carbonyl (C=O) groups excluding carboxylic acids is 3. The van der Waals surface area contributed by atoms with Crippen molar-refractivity contribution in [2.75, 3.05) is 6.61 Å². The molecule has 26 heavy (non-hydrogen) atoms. The molecule has 0 unspecified atom stereocenters. The monoisotopic (exact) mass is 371 g/mol. The Bertz CT molecular complexity index is 798. The molecule has 0 radical (unpaired) electrons. The van der Waals surface area contributed by atoms with E-state index >= 15 is 0 Å². The third-order valence-electron chi connectivity index (χ3n) is 4.38. The van der Waals surface area contributed by atoms with E-state index in [0.717, 1.165) is 24.1 Å². The fourth-order valence-corrected chi connectivity index (χ4v) is 3.62. The van der Waals surface area contributed by atoms with Crippen LogP contribution in [0.5, 0.6) is 0 Å². The van der Waals surface area contributed by atoms with E-state index in [0.29, 0.717) is 12.1 Å². The van der Waals surface area contributed by atoms with Crippen LogP contribution in [0.3, 0.4) is 0 Å². The normalized spacial score (nSPS) is 12.5. The first kappa shape index (κ1) is 18.3. The Morgan fingerprint density at radius 2 is 1.92 bits per heavy atom. The summed E-state index contributed by atoms with van der Waals surface area (Å²) in [4.78, 5) is 36.7. The number of benzene rings is 1. The first-order valence-corrected chi connectivity index (χ1v) is 9.59. The van der Waals surface area contributed by atoms with Crippen molar-refractivity contribution in [2.24, 2.45) is 0 Å². The second kappa shape index (κ2) is 8.76. The van der Waals surface area contributed by atoms with E-state index < -0.39 is 5.97 Å². The summed E-state index contributed by atoms with van der Waals surface area (Å²) < 4.78 is 4.93. The molecule has 0 saturated carbocycles. The van der Waals surface area contributed by atoms with Crippen LogP contribution >= 0.6 is 11.3 Å². The van der Waals surface area contributed by atoms with Gasteiger partial charge in [-0.2, -0.15) is 0 Å². The fourth-order valence-electron chi connectivity index (χ4n) is 2.97. The number of aryl methyl sites for hydroxylation is 2. The van der Waals surface area contributed by atoms with Crippen LogP contribution in [-0.2, 0) is 33.7 Å². The summed E-state index contributed by atoms with van der Waals surface area (Å²) in [5.74, 6) is -0.957. The standard InChI is InChI=1S/C20H21NO4S/c22-18(16-7-6-14-3-1-4-15(14)11-16)8-9-20(24)25-13-19(23)21-12-17-5-2-10-26-17/h2,5-7,10-11H,1,3-4,8-9,12-13H2,(H,21,23). The number of nitrogens with one attached hydrogen (secondary N) is 1. The predicted molar refractivity (Wildman–Crippen MR) is 99.2 cm³/mol. The number of amides is 1. The Morgan fingerprint density at radius 1 is 1.08 bits per heavy atom. The topological polar surface area (TPSA) is 72.5 Å². The number of ether oxygens (including phenoxy) is 1. The molecule has 0 saturated heterocycles. The van der Waals surface area contributed by atoms with Crippen LogP contribution in [0.4, 0.5) is 0 Å². The van der Waals surface area contributed by atoms with Gasteiger partial charge in [0.2, 0.25) is 0 Å². The highest BCUT2D eigenvalue weighted by molar-refractivity contribution is 7.09. The third kappa shape index (κ3) is 5.02. The molecule has 2 aromatic rings. The predicted octanol–water partition coefficient (Wildman–Crippen LogP) is 3.06. The first-order valence-electron chi connectivity index (χ1n) is 8.71. The first-order chi connectivity index (χ1) is 12.6. The lowest BCUT2D eigenvalue weighted by Gasteiger charge is -2.06. The van der Waals surface area contributed by atoms with E-state index in [1.807, 2.05) is 35.7 Å². The summed E-state index contributed by atoms with van der Waals surface area (Å²) >= 11 is 1.55. The quantitative estimate of drug-likeness (QED) is 0.572. The zero-order valence-electron chi connectivity index (χ0n) is 14.5. The Balaban J connectivity index is 1.37. The van der Waals surface area contributed by atoms with Gasteiger partial charge in [-0.25, -0.2) is 0 Å². The molecular weight excluding hydrogens is 350 g/mol. The van der Waals surface area contributed by atoms with E-state index in [-0.39, 0.29) is 31.1 Å². The molecule has 0 bridgehead atoms. The number of fused-ring (bicyclic) bond motifs is 1. The molecule has 0 atom stereocenters. The van der Waals surface area contributed by atoms with Gasteiger partial charge in [-0.05, 0) is 47.9 Å². The number of thiophene rings is 1. The smallest absolute Gasteiger partial charge is 0.306 e. The number of hydrogen-bond donors (Lipinski definition) is 1. The van der Waals surface area contributed by atoms with Crippen molar-refractivity contribution in [2.45, 2.75) is 38.6 Å². The molecule has 1 aromatic carbocycles. The molecule has 0 fully saturated rings. The molecule has 3 rings (SSSR count). The van der Waals surface area contributed by atoms with E-state index in [9.17, 15) is 14.4 Å². The molecule has 1 heterocycles. The number of ketones is 1. The van der Waals surface area contributed by atoms with E-state index in [4.69, 9.17) is 4.74 Å².